The van der Waals surface area contributed by atoms with Gasteiger partial charge in [0.15, 0.2) is 0 Å². The monoisotopic (exact) mass is 369 g/mol. The number of nitrogens with one attached hydrogen (secondary N) is 1. The molecule has 27 heavy (non-hydrogen) atoms. The maximum Gasteiger partial charge on any atom is 0.234 e. The van der Waals surface area contributed by atoms with Crippen LogP contribution in [0.3, 0.4) is 0 Å². The van der Waals surface area contributed by atoms with E-state index in [1.165, 1.54) is 12.0 Å². The summed E-state index contributed by atoms with van der Waals surface area (Å²) in [5, 5.41) is 3.10. The molecular weight excluding hydrogens is 338 g/mol. The van der Waals surface area contributed by atoms with Gasteiger partial charge in [0.2, 0.25) is 11.8 Å². The van der Waals surface area contributed by atoms with Crippen LogP contribution < -0.4 is 5.32 Å². The molecule has 0 bridgehead atoms. The third-order valence-electron chi connectivity index (χ3n) is 6.31. The van der Waals surface area contributed by atoms with E-state index < -0.39 is 0 Å². The van der Waals surface area contributed by atoms with Crippen LogP contribution >= 0.6 is 0 Å². The number of likely N-dealkylation sites (tertiary alicyclic amines) is 2. The van der Waals surface area contributed by atoms with Gasteiger partial charge in [-0.1, -0.05) is 30.3 Å². The van der Waals surface area contributed by atoms with Crippen molar-refractivity contribution in [3.8, 4) is 0 Å². The van der Waals surface area contributed by atoms with Crippen molar-refractivity contribution in [1.29, 1.82) is 0 Å². The van der Waals surface area contributed by atoms with Gasteiger partial charge in [-0.05, 0) is 50.6 Å². The molecule has 1 aromatic carbocycles. The minimum absolute atomic E-state index is 0.169. The lowest BCUT2D eigenvalue weighted by Crippen LogP contribution is -2.55. The van der Waals surface area contributed by atoms with E-state index in [0.717, 1.165) is 58.3 Å². The average Bonchev–Trinajstić information content (AvgIpc) is 3.47. The van der Waals surface area contributed by atoms with Crippen LogP contribution in [0.5, 0.6) is 0 Å². The lowest BCUT2D eigenvalue weighted by molar-refractivity contribution is -0.140. The Kier molecular flexibility index (Phi) is 5.48. The normalized spacial score (nSPS) is 26.4. The van der Waals surface area contributed by atoms with Crippen LogP contribution in [0.1, 0.15) is 44.1 Å². The zero-order valence-corrected chi connectivity index (χ0v) is 16.2. The summed E-state index contributed by atoms with van der Waals surface area (Å²) in [4.78, 5) is 29.1. The van der Waals surface area contributed by atoms with Crippen LogP contribution in [-0.4, -0.2) is 60.4 Å². The zero-order valence-electron chi connectivity index (χ0n) is 16.2. The van der Waals surface area contributed by atoms with Crippen LogP contribution in [0.4, 0.5) is 0 Å². The van der Waals surface area contributed by atoms with Gasteiger partial charge in [-0.15, -0.1) is 0 Å². The molecule has 2 heterocycles. The molecule has 3 aliphatic rings. The van der Waals surface area contributed by atoms with Crippen molar-refractivity contribution in [3.63, 3.8) is 0 Å². The summed E-state index contributed by atoms with van der Waals surface area (Å²) < 4.78 is 0. The first-order valence-corrected chi connectivity index (χ1v) is 10.5. The van der Waals surface area contributed by atoms with Gasteiger partial charge in [0.05, 0.1) is 6.54 Å². The van der Waals surface area contributed by atoms with Crippen LogP contribution in [0.2, 0.25) is 0 Å². The predicted octanol–water partition coefficient (Wildman–Crippen LogP) is 2.21. The summed E-state index contributed by atoms with van der Waals surface area (Å²) in [5.74, 6) is 0.461. The molecule has 1 spiro atoms. The SMILES string of the molecule is O=C(CN1CCC[C@]2(CCC(=O)N(CCc3ccccc3)C2)C1)NC1CC1. The lowest BCUT2D eigenvalue weighted by Gasteiger charge is -2.48. The first-order chi connectivity index (χ1) is 13.1. The molecule has 0 unspecified atom stereocenters. The quantitative estimate of drug-likeness (QED) is 0.836. The fourth-order valence-corrected chi connectivity index (χ4v) is 4.70. The molecular formula is C22H31N3O2. The summed E-state index contributed by atoms with van der Waals surface area (Å²) in [5.41, 5.74) is 1.45. The molecule has 0 aromatic heterocycles. The molecule has 0 radical (unpaired) electrons. The number of hydrogen-bond donors (Lipinski definition) is 1. The molecule has 1 atom stereocenters. The minimum Gasteiger partial charge on any atom is -0.352 e. The largest absolute Gasteiger partial charge is 0.352 e. The average molecular weight is 370 g/mol. The molecule has 1 N–H and O–H groups in total. The third kappa shape index (κ3) is 4.89. The van der Waals surface area contributed by atoms with Gasteiger partial charge in [-0.2, -0.15) is 0 Å². The number of hydrogen-bond acceptors (Lipinski definition) is 3. The molecule has 5 heteroatoms. The van der Waals surface area contributed by atoms with E-state index in [0.29, 0.717) is 24.9 Å². The first-order valence-electron chi connectivity index (χ1n) is 10.5. The fourth-order valence-electron chi connectivity index (χ4n) is 4.70. The van der Waals surface area contributed by atoms with Gasteiger partial charge in [0, 0.05) is 37.5 Å². The van der Waals surface area contributed by atoms with Gasteiger partial charge >= 0.3 is 0 Å². The summed E-state index contributed by atoms with van der Waals surface area (Å²) in [6.45, 7) is 4.10. The van der Waals surface area contributed by atoms with E-state index in [4.69, 9.17) is 0 Å². The number of amides is 2. The Labute approximate surface area is 162 Å². The minimum atomic E-state index is 0.169. The second-order valence-electron chi connectivity index (χ2n) is 8.71. The number of piperidine rings is 2. The highest BCUT2D eigenvalue weighted by Crippen LogP contribution is 2.38. The fraction of sp³-hybridized carbons (Fsp3) is 0.636. The van der Waals surface area contributed by atoms with Crippen molar-refractivity contribution in [2.45, 2.75) is 51.0 Å². The van der Waals surface area contributed by atoms with Gasteiger partial charge in [0.1, 0.15) is 0 Å². The van der Waals surface area contributed by atoms with E-state index in [-0.39, 0.29) is 11.3 Å². The van der Waals surface area contributed by atoms with Crippen LogP contribution in [-0.2, 0) is 16.0 Å². The molecule has 5 nitrogen and oxygen atoms in total. The van der Waals surface area contributed by atoms with Gasteiger partial charge in [0.25, 0.3) is 0 Å². The van der Waals surface area contributed by atoms with Crippen LogP contribution in [0, 0.1) is 5.41 Å². The van der Waals surface area contributed by atoms with Crippen LogP contribution in [0.15, 0.2) is 30.3 Å². The third-order valence-corrected chi connectivity index (χ3v) is 6.31. The molecule has 2 saturated heterocycles. The number of nitrogens with zero attached hydrogens (tertiary/aromatic N) is 2. The lowest BCUT2D eigenvalue weighted by atomic mass is 9.73. The maximum absolute atomic E-state index is 12.5. The second kappa shape index (κ2) is 8.01. The first kappa shape index (κ1) is 18.5. The Morgan fingerprint density at radius 1 is 1.15 bits per heavy atom. The van der Waals surface area contributed by atoms with Crippen LogP contribution in [0.25, 0.3) is 0 Å². The highest BCUT2D eigenvalue weighted by Gasteiger charge is 2.41. The highest BCUT2D eigenvalue weighted by atomic mass is 16.2. The Morgan fingerprint density at radius 3 is 2.74 bits per heavy atom. The zero-order chi connectivity index (χ0) is 18.7. The maximum atomic E-state index is 12.5. The Bertz CT molecular complexity index is 673. The molecule has 4 rings (SSSR count). The Morgan fingerprint density at radius 2 is 1.96 bits per heavy atom. The smallest absolute Gasteiger partial charge is 0.234 e. The van der Waals surface area contributed by atoms with Gasteiger partial charge in [-0.25, -0.2) is 0 Å². The standard InChI is InChI=1S/C22H31N3O2/c26-20(23-19-7-8-19)15-24-13-4-11-22(16-24)12-9-21(27)25(17-22)14-10-18-5-2-1-3-6-18/h1-3,5-6,19H,4,7-17H2,(H,23,26)/t22-/m0/s1. The molecule has 2 aliphatic heterocycles. The van der Waals surface area contributed by atoms with Crippen molar-refractivity contribution >= 4 is 11.8 Å². The summed E-state index contributed by atoms with van der Waals surface area (Å²) in [7, 11) is 0. The summed E-state index contributed by atoms with van der Waals surface area (Å²) in [6.07, 6.45) is 7.09. The van der Waals surface area contributed by atoms with Crippen molar-refractivity contribution in [1.82, 2.24) is 15.1 Å². The topological polar surface area (TPSA) is 52.7 Å². The molecule has 3 fully saturated rings. The van der Waals surface area contributed by atoms with E-state index in [1.54, 1.807) is 0 Å². The summed E-state index contributed by atoms with van der Waals surface area (Å²) >= 11 is 0. The van der Waals surface area contributed by atoms with E-state index >= 15 is 0 Å². The van der Waals surface area contributed by atoms with E-state index in [9.17, 15) is 9.59 Å². The molecule has 2 amide bonds. The predicted molar refractivity (Wildman–Crippen MR) is 105 cm³/mol. The van der Waals surface area contributed by atoms with Crippen molar-refractivity contribution in [2.75, 3.05) is 32.7 Å². The number of carbonyl (C=O) groups is 2. The van der Waals surface area contributed by atoms with Crippen molar-refractivity contribution in [3.05, 3.63) is 35.9 Å². The van der Waals surface area contributed by atoms with Crippen molar-refractivity contribution in [2.24, 2.45) is 5.41 Å². The van der Waals surface area contributed by atoms with Crippen molar-refractivity contribution < 1.29 is 9.59 Å². The number of benzene rings is 1. The molecule has 1 aliphatic carbocycles. The number of carbonyl (C=O) groups excluding carboxylic acids is 2. The second-order valence-corrected chi connectivity index (χ2v) is 8.71. The van der Waals surface area contributed by atoms with Gasteiger partial charge in [-0.3, -0.25) is 14.5 Å². The molecule has 146 valence electrons. The molecule has 1 saturated carbocycles. The highest BCUT2D eigenvalue weighted by molar-refractivity contribution is 5.79. The van der Waals surface area contributed by atoms with E-state index in [1.807, 2.05) is 6.07 Å². The molecule has 1 aromatic rings. The summed E-state index contributed by atoms with van der Waals surface area (Å²) in [6, 6.07) is 10.8. The Hall–Kier alpha value is -1.88. The van der Waals surface area contributed by atoms with E-state index in [2.05, 4.69) is 39.4 Å². The number of rotatable bonds is 6. The van der Waals surface area contributed by atoms with Gasteiger partial charge < -0.3 is 10.2 Å². The Balaban J connectivity index is 1.33.